The lowest BCUT2D eigenvalue weighted by Gasteiger charge is -2.33. The third-order valence-electron chi connectivity index (χ3n) is 3.75. The van der Waals surface area contributed by atoms with E-state index in [-0.39, 0.29) is 12.0 Å². The smallest absolute Gasteiger partial charge is 0.236 e. The normalized spacial score (nSPS) is 19.4. The van der Waals surface area contributed by atoms with Crippen LogP contribution in [0.4, 0.5) is 5.82 Å². The van der Waals surface area contributed by atoms with Gasteiger partial charge in [-0.15, -0.1) is 0 Å². The molecule has 6 nitrogen and oxygen atoms in total. The van der Waals surface area contributed by atoms with E-state index < -0.39 is 0 Å². The van der Waals surface area contributed by atoms with Crippen LogP contribution in [0.15, 0.2) is 18.2 Å². The van der Waals surface area contributed by atoms with E-state index in [1.54, 1.807) is 6.07 Å². The van der Waals surface area contributed by atoms with Gasteiger partial charge in [-0.1, -0.05) is 6.07 Å². The summed E-state index contributed by atoms with van der Waals surface area (Å²) in [7, 11) is 0. The van der Waals surface area contributed by atoms with Crippen LogP contribution >= 0.6 is 0 Å². The Morgan fingerprint density at radius 2 is 2.24 bits per heavy atom. The molecule has 1 aliphatic rings. The van der Waals surface area contributed by atoms with Crippen molar-refractivity contribution in [2.24, 2.45) is 0 Å². The molecule has 1 amide bonds. The summed E-state index contributed by atoms with van der Waals surface area (Å²) in [5.41, 5.74) is 6.54. The summed E-state index contributed by atoms with van der Waals surface area (Å²) in [5.74, 6) is 0.661. The highest BCUT2D eigenvalue weighted by molar-refractivity contribution is 5.78. The first-order valence-corrected chi connectivity index (χ1v) is 7.48. The summed E-state index contributed by atoms with van der Waals surface area (Å²) in [5, 5.41) is 0. The standard InChI is InChI=1S/C15H24N4O2/c1-3-19(4-2)15(20)11-18-8-9-21-13(10-18)12-6-5-7-14(16)17-12/h5-7,13H,3-4,8-11H2,1-2H3,(H2,16,17)/t13-/m1/s1. The Bertz CT molecular complexity index is 476. The van der Waals surface area contributed by atoms with Gasteiger partial charge < -0.3 is 15.4 Å². The van der Waals surface area contributed by atoms with Gasteiger partial charge in [0.25, 0.3) is 0 Å². The maximum absolute atomic E-state index is 12.2. The summed E-state index contributed by atoms with van der Waals surface area (Å²) in [6.07, 6.45) is -0.119. The summed E-state index contributed by atoms with van der Waals surface area (Å²) < 4.78 is 5.76. The Labute approximate surface area is 125 Å². The van der Waals surface area contributed by atoms with Crippen LogP contribution in [-0.2, 0) is 9.53 Å². The number of hydrogen-bond donors (Lipinski definition) is 1. The number of aromatic nitrogens is 1. The number of morpholine rings is 1. The van der Waals surface area contributed by atoms with Crippen molar-refractivity contribution in [2.75, 3.05) is 45.1 Å². The van der Waals surface area contributed by atoms with E-state index in [2.05, 4.69) is 9.88 Å². The minimum absolute atomic E-state index is 0.119. The molecule has 0 bridgehead atoms. The number of amides is 1. The van der Waals surface area contributed by atoms with Crippen LogP contribution in [0, 0.1) is 0 Å². The number of likely N-dealkylation sites (N-methyl/N-ethyl adjacent to an activating group) is 1. The molecule has 2 N–H and O–H groups in total. The third-order valence-corrected chi connectivity index (χ3v) is 3.75. The number of hydrogen-bond acceptors (Lipinski definition) is 5. The number of nitrogens with two attached hydrogens (primary N) is 1. The Kier molecular flexibility index (Phi) is 5.52. The second-order valence-electron chi connectivity index (χ2n) is 5.15. The second kappa shape index (κ2) is 7.38. The zero-order valence-corrected chi connectivity index (χ0v) is 12.8. The maximum Gasteiger partial charge on any atom is 0.236 e. The number of carbonyl (C=O) groups excluding carboxylic acids is 1. The molecule has 1 aromatic heterocycles. The number of anilines is 1. The average molecular weight is 292 g/mol. The fraction of sp³-hybridized carbons (Fsp3) is 0.600. The highest BCUT2D eigenvalue weighted by atomic mass is 16.5. The Balaban J connectivity index is 1.96. The van der Waals surface area contributed by atoms with Crippen LogP contribution in [0.1, 0.15) is 25.6 Å². The van der Waals surface area contributed by atoms with E-state index in [0.717, 1.165) is 25.3 Å². The topological polar surface area (TPSA) is 71.7 Å². The van der Waals surface area contributed by atoms with Crippen LogP contribution in [0.3, 0.4) is 0 Å². The number of carbonyl (C=O) groups is 1. The van der Waals surface area contributed by atoms with Gasteiger partial charge in [-0.3, -0.25) is 9.69 Å². The summed E-state index contributed by atoms with van der Waals surface area (Å²) in [6.45, 7) is 7.98. The van der Waals surface area contributed by atoms with Crippen LogP contribution < -0.4 is 5.73 Å². The van der Waals surface area contributed by atoms with Gasteiger partial charge >= 0.3 is 0 Å². The summed E-state index contributed by atoms with van der Waals surface area (Å²) in [6, 6.07) is 5.55. The molecule has 6 heteroatoms. The van der Waals surface area contributed by atoms with Gasteiger partial charge in [-0.25, -0.2) is 4.98 Å². The molecule has 0 spiro atoms. The lowest BCUT2D eigenvalue weighted by molar-refractivity contribution is -0.134. The number of pyridine rings is 1. The van der Waals surface area contributed by atoms with E-state index in [1.165, 1.54) is 0 Å². The van der Waals surface area contributed by atoms with Crippen molar-refractivity contribution < 1.29 is 9.53 Å². The van der Waals surface area contributed by atoms with E-state index in [1.807, 2.05) is 30.9 Å². The first-order chi connectivity index (χ1) is 10.1. The van der Waals surface area contributed by atoms with Crippen LogP contribution in [0.2, 0.25) is 0 Å². The predicted octanol–water partition coefficient (Wildman–Crippen LogP) is 0.905. The first-order valence-electron chi connectivity index (χ1n) is 7.48. The van der Waals surface area contributed by atoms with E-state index in [9.17, 15) is 4.79 Å². The average Bonchev–Trinajstić information content (AvgIpc) is 2.49. The molecule has 0 radical (unpaired) electrons. The molecule has 1 atom stereocenters. The molecule has 116 valence electrons. The molecule has 1 aromatic rings. The monoisotopic (exact) mass is 292 g/mol. The molecule has 1 fully saturated rings. The zero-order valence-electron chi connectivity index (χ0n) is 12.8. The number of nitrogens with zero attached hydrogens (tertiary/aromatic N) is 3. The van der Waals surface area contributed by atoms with Gasteiger partial charge in [0.05, 0.1) is 18.8 Å². The molecule has 21 heavy (non-hydrogen) atoms. The summed E-state index contributed by atoms with van der Waals surface area (Å²) in [4.78, 5) is 20.5. The minimum Gasteiger partial charge on any atom is -0.384 e. The molecule has 0 unspecified atom stereocenters. The molecular formula is C15H24N4O2. The number of nitrogen functional groups attached to an aromatic ring is 1. The van der Waals surface area contributed by atoms with E-state index in [4.69, 9.17) is 10.5 Å². The van der Waals surface area contributed by atoms with Crippen molar-refractivity contribution in [3.05, 3.63) is 23.9 Å². The van der Waals surface area contributed by atoms with Crippen molar-refractivity contribution >= 4 is 11.7 Å². The molecule has 1 saturated heterocycles. The Morgan fingerprint density at radius 1 is 1.48 bits per heavy atom. The second-order valence-corrected chi connectivity index (χ2v) is 5.15. The highest BCUT2D eigenvalue weighted by Crippen LogP contribution is 2.21. The zero-order chi connectivity index (χ0) is 15.2. The van der Waals surface area contributed by atoms with Gasteiger partial charge in [-0.2, -0.15) is 0 Å². The van der Waals surface area contributed by atoms with Gasteiger partial charge in [0.15, 0.2) is 0 Å². The number of ether oxygens (including phenoxy) is 1. The fourth-order valence-electron chi connectivity index (χ4n) is 2.54. The van der Waals surface area contributed by atoms with E-state index in [0.29, 0.717) is 25.5 Å². The SMILES string of the molecule is CCN(CC)C(=O)CN1CCO[C@@H](c2cccc(N)n2)C1. The lowest BCUT2D eigenvalue weighted by Crippen LogP contribution is -2.45. The predicted molar refractivity (Wildman–Crippen MR) is 81.7 cm³/mol. The van der Waals surface area contributed by atoms with Crippen LogP contribution in [0.5, 0.6) is 0 Å². The van der Waals surface area contributed by atoms with Crippen LogP contribution in [0.25, 0.3) is 0 Å². The quantitative estimate of drug-likeness (QED) is 0.873. The van der Waals surface area contributed by atoms with E-state index >= 15 is 0 Å². The van der Waals surface area contributed by atoms with Gasteiger partial charge in [-0.05, 0) is 26.0 Å². The van der Waals surface area contributed by atoms with Crippen LogP contribution in [-0.4, -0.2) is 60.0 Å². The number of rotatable bonds is 5. The third kappa shape index (κ3) is 4.15. The maximum atomic E-state index is 12.2. The molecule has 0 aromatic carbocycles. The van der Waals surface area contributed by atoms with Crippen molar-refractivity contribution in [3.8, 4) is 0 Å². The molecule has 2 rings (SSSR count). The molecule has 0 aliphatic carbocycles. The first kappa shape index (κ1) is 15.7. The van der Waals surface area contributed by atoms with Crippen molar-refractivity contribution in [1.29, 1.82) is 0 Å². The molecular weight excluding hydrogens is 268 g/mol. The molecule has 2 heterocycles. The Hall–Kier alpha value is -1.66. The van der Waals surface area contributed by atoms with Crippen molar-refractivity contribution in [3.63, 3.8) is 0 Å². The minimum atomic E-state index is -0.119. The van der Waals surface area contributed by atoms with Crippen molar-refractivity contribution in [1.82, 2.24) is 14.8 Å². The van der Waals surface area contributed by atoms with Gasteiger partial charge in [0.1, 0.15) is 11.9 Å². The van der Waals surface area contributed by atoms with Crippen molar-refractivity contribution in [2.45, 2.75) is 20.0 Å². The van der Waals surface area contributed by atoms with Gasteiger partial charge in [0.2, 0.25) is 5.91 Å². The summed E-state index contributed by atoms with van der Waals surface area (Å²) >= 11 is 0. The Morgan fingerprint density at radius 3 is 2.90 bits per heavy atom. The fourth-order valence-corrected chi connectivity index (χ4v) is 2.54. The van der Waals surface area contributed by atoms with Gasteiger partial charge in [0, 0.05) is 26.2 Å². The highest BCUT2D eigenvalue weighted by Gasteiger charge is 2.25. The molecule has 1 aliphatic heterocycles. The largest absolute Gasteiger partial charge is 0.384 e. The molecule has 0 saturated carbocycles. The lowest BCUT2D eigenvalue weighted by atomic mass is 10.2.